The molecule has 0 radical (unpaired) electrons. The highest BCUT2D eigenvalue weighted by atomic mass is 35.5. The Balaban J connectivity index is 0. The maximum absolute atomic E-state index is 11.5. The molecule has 1 amide bonds. The minimum Gasteiger partial charge on any atom is -0.467 e. The van der Waals surface area contributed by atoms with E-state index in [-0.39, 0.29) is 31.3 Å². The summed E-state index contributed by atoms with van der Waals surface area (Å²) in [4.78, 5) is 36.7. The van der Waals surface area contributed by atoms with Crippen LogP contribution in [0.15, 0.2) is 4.99 Å². The zero-order valence-corrected chi connectivity index (χ0v) is 13.1. The first-order valence-corrected chi connectivity index (χ1v) is 6.12. The number of hydrogen-bond donors (Lipinski definition) is 4. The third kappa shape index (κ3) is 9.72. The summed E-state index contributed by atoms with van der Waals surface area (Å²) in [6, 6.07) is -1.61. The minimum atomic E-state index is -0.853. The summed E-state index contributed by atoms with van der Waals surface area (Å²) < 4.78 is 4.57. The van der Waals surface area contributed by atoms with E-state index in [0.29, 0.717) is 6.42 Å². The van der Waals surface area contributed by atoms with E-state index in [0.717, 1.165) is 0 Å². The van der Waals surface area contributed by atoms with Gasteiger partial charge >= 0.3 is 5.97 Å². The van der Waals surface area contributed by atoms with Crippen LogP contribution in [0.4, 0.5) is 0 Å². The van der Waals surface area contributed by atoms with Gasteiger partial charge in [-0.3, -0.25) is 4.79 Å². The predicted octanol–water partition coefficient (Wildman–Crippen LogP) is -1.71. The van der Waals surface area contributed by atoms with Gasteiger partial charge in [0.15, 0.2) is 5.03 Å². The molecule has 22 heavy (non-hydrogen) atoms. The fourth-order valence-electron chi connectivity index (χ4n) is 1.32. The summed E-state index contributed by atoms with van der Waals surface area (Å²) in [6.45, 7) is 1.63. The molecule has 128 valence electrons. The number of esters is 1. The van der Waals surface area contributed by atoms with Crippen LogP contribution in [0.1, 0.15) is 19.8 Å². The third-order valence-corrected chi connectivity index (χ3v) is 2.35. The van der Waals surface area contributed by atoms with Crippen molar-refractivity contribution < 1.29 is 19.4 Å². The van der Waals surface area contributed by atoms with Gasteiger partial charge in [0, 0.05) is 6.54 Å². The maximum atomic E-state index is 11.5. The molecule has 0 aliphatic rings. The number of carbonyl (C=O) groups is 2. The van der Waals surface area contributed by atoms with Crippen molar-refractivity contribution in [3.63, 3.8) is 0 Å². The lowest BCUT2D eigenvalue weighted by Crippen LogP contribution is -2.47. The molecule has 11 nitrogen and oxygen atoms in total. The Morgan fingerprint density at radius 3 is 2.50 bits per heavy atom. The smallest absolute Gasteiger partial charge is 0.328 e. The van der Waals surface area contributed by atoms with Crippen LogP contribution in [0.2, 0.25) is 0 Å². The van der Waals surface area contributed by atoms with Crippen molar-refractivity contribution in [2.45, 2.75) is 31.8 Å². The summed E-state index contributed by atoms with van der Waals surface area (Å²) in [5.41, 5.74) is 12.3. The van der Waals surface area contributed by atoms with Gasteiger partial charge in [0.25, 0.3) is 5.96 Å². The molecule has 12 heteroatoms. The van der Waals surface area contributed by atoms with Crippen LogP contribution in [-0.2, 0) is 14.3 Å². The zero-order valence-electron chi connectivity index (χ0n) is 12.3. The van der Waals surface area contributed by atoms with Gasteiger partial charge in [0.05, 0.1) is 13.2 Å². The zero-order chi connectivity index (χ0) is 16.4. The highest BCUT2D eigenvalue weighted by Crippen LogP contribution is 2.01. The third-order valence-electron chi connectivity index (χ3n) is 2.35. The molecule has 0 rings (SSSR count). The number of ether oxygens (including phenoxy) is 1. The number of nitrogens with one attached hydrogen (secondary N) is 2. The molecule has 0 fully saturated rings. The molecule has 0 aliphatic heterocycles. The number of halogens is 1. The quantitative estimate of drug-likeness (QED) is 0.101. The molecular formula is C10H21ClN6O5. The highest BCUT2D eigenvalue weighted by Gasteiger charge is 2.22. The Morgan fingerprint density at radius 1 is 1.45 bits per heavy atom. The lowest BCUT2D eigenvalue weighted by molar-refractivity contribution is -0.525. The van der Waals surface area contributed by atoms with Crippen molar-refractivity contribution in [2.24, 2.45) is 16.5 Å². The second-order valence-corrected chi connectivity index (χ2v) is 4.15. The van der Waals surface area contributed by atoms with E-state index < -0.39 is 29.0 Å². The molecule has 0 aromatic rings. The Kier molecular flexibility index (Phi) is 11.6. The van der Waals surface area contributed by atoms with Crippen molar-refractivity contribution in [3.8, 4) is 0 Å². The van der Waals surface area contributed by atoms with Gasteiger partial charge in [-0.1, -0.05) is 5.43 Å². The Labute approximate surface area is 133 Å². The van der Waals surface area contributed by atoms with Gasteiger partial charge < -0.3 is 21.5 Å². The van der Waals surface area contributed by atoms with Gasteiger partial charge in [-0.05, 0) is 19.8 Å². The highest BCUT2D eigenvalue weighted by molar-refractivity contribution is 5.87. The molecular weight excluding hydrogens is 320 g/mol. The van der Waals surface area contributed by atoms with Crippen LogP contribution in [-0.4, -0.2) is 48.6 Å². The van der Waals surface area contributed by atoms with E-state index in [2.05, 4.69) is 15.0 Å². The second kappa shape index (κ2) is 11.5. The molecule has 0 saturated carbocycles. The summed E-state index contributed by atoms with van der Waals surface area (Å²) in [5, 5.41) is 11.7. The first-order valence-electron chi connectivity index (χ1n) is 6.12. The number of rotatable bonds is 8. The van der Waals surface area contributed by atoms with Crippen LogP contribution >= 0.6 is 12.4 Å². The molecule has 0 aromatic heterocycles. The van der Waals surface area contributed by atoms with Gasteiger partial charge in [0.2, 0.25) is 5.91 Å². The fraction of sp³-hybridized carbons (Fsp3) is 0.700. The van der Waals surface area contributed by atoms with E-state index in [4.69, 9.17) is 11.5 Å². The number of aliphatic imine (C=N–C) groups is 1. The van der Waals surface area contributed by atoms with Crippen molar-refractivity contribution >= 4 is 30.2 Å². The molecule has 0 aliphatic carbocycles. The topological polar surface area (TPSA) is 175 Å². The van der Waals surface area contributed by atoms with Crippen LogP contribution in [0.25, 0.3) is 0 Å². The fourth-order valence-corrected chi connectivity index (χ4v) is 1.32. The molecule has 2 atom stereocenters. The molecule has 0 unspecified atom stereocenters. The molecule has 0 heterocycles. The number of methoxy groups -OCH3 is 1. The van der Waals surface area contributed by atoms with Gasteiger partial charge in [-0.15, -0.1) is 12.4 Å². The molecule has 6 N–H and O–H groups in total. The Morgan fingerprint density at radius 2 is 2.05 bits per heavy atom. The van der Waals surface area contributed by atoms with Gasteiger partial charge in [-0.25, -0.2) is 19.9 Å². The van der Waals surface area contributed by atoms with Crippen molar-refractivity contribution in [2.75, 3.05) is 13.7 Å². The first kappa shape index (κ1) is 22.1. The van der Waals surface area contributed by atoms with Crippen LogP contribution in [0.3, 0.4) is 0 Å². The average Bonchev–Trinajstić information content (AvgIpc) is 2.39. The summed E-state index contributed by atoms with van der Waals surface area (Å²) in [6.07, 6.45) is 0.597. The summed E-state index contributed by atoms with van der Waals surface area (Å²) in [7, 11) is 1.20. The number of amides is 1. The van der Waals surface area contributed by atoms with E-state index in [1.807, 2.05) is 0 Å². The SMILES string of the molecule is COC(=O)[C@H](CCCN=C(N)N[N+](=O)[O-])NC(=O)[C@H](C)N.Cl. The summed E-state index contributed by atoms with van der Waals surface area (Å²) >= 11 is 0. The molecule has 0 bridgehead atoms. The molecule has 0 spiro atoms. The van der Waals surface area contributed by atoms with Crippen molar-refractivity contribution in [3.05, 3.63) is 10.1 Å². The number of guanidine groups is 1. The lowest BCUT2D eigenvalue weighted by atomic mass is 10.1. The number of hydrogen-bond acceptors (Lipinski definition) is 7. The van der Waals surface area contributed by atoms with Gasteiger partial charge in [-0.2, -0.15) is 0 Å². The van der Waals surface area contributed by atoms with Crippen LogP contribution in [0, 0.1) is 10.1 Å². The lowest BCUT2D eigenvalue weighted by Gasteiger charge is -2.17. The maximum Gasteiger partial charge on any atom is 0.328 e. The molecule has 0 aromatic carbocycles. The first-order chi connectivity index (χ1) is 9.77. The van der Waals surface area contributed by atoms with Crippen molar-refractivity contribution in [1.82, 2.24) is 10.7 Å². The molecule has 0 saturated heterocycles. The predicted molar refractivity (Wildman–Crippen MR) is 80.7 cm³/mol. The normalized spacial score (nSPS) is 13.3. The Bertz CT molecular complexity index is 417. The number of hydrazine groups is 1. The number of nitrogens with two attached hydrogens (primary N) is 2. The van der Waals surface area contributed by atoms with E-state index in [1.54, 1.807) is 5.43 Å². The number of nitrogens with zero attached hydrogens (tertiary/aromatic N) is 2. The second-order valence-electron chi connectivity index (χ2n) is 4.15. The minimum absolute atomic E-state index is 0. The number of carbonyl (C=O) groups excluding carboxylic acids is 2. The van der Waals surface area contributed by atoms with E-state index >= 15 is 0 Å². The average molecular weight is 341 g/mol. The standard InChI is InChI=1S/C10H20N6O5.ClH/c1-6(11)8(17)14-7(9(18)21-2)4-3-5-13-10(12)15-16(19)20;/h6-7H,3-5,11H2,1-2H3,(H,14,17)(H3,12,13,15);1H/t6-,7-;/m0./s1. The van der Waals surface area contributed by atoms with E-state index in [9.17, 15) is 19.7 Å². The Hall–Kier alpha value is -2.14. The monoisotopic (exact) mass is 340 g/mol. The summed E-state index contributed by atoms with van der Waals surface area (Å²) in [5.74, 6) is -1.43. The van der Waals surface area contributed by atoms with Gasteiger partial charge in [0.1, 0.15) is 6.04 Å². The number of nitro groups is 1. The van der Waals surface area contributed by atoms with Crippen molar-refractivity contribution in [1.29, 1.82) is 0 Å². The van der Waals surface area contributed by atoms with E-state index in [1.165, 1.54) is 14.0 Å². The largest absolute Gasteiger partial charge is 0.467 e. The van der Waals surface area contributed by atoms with Crippen LogP contribution in [0.5, 0.6) is 0 Å². The van der Waals surface area contributed by atoms with Crippen LogP contribution < -0.4 is 22.2 Å².